The SMILES string of the molecule is Cc1ccc(F)cc1CN1CCN(C)C2(CCC(=O)N(C)CC2)C1. The van der Waals surface area contributed by atoms with E-state index in [2.05, 4.69) is 16.8 Å². The van der Waals surface area contributed by atoms with Crippen LogP contribution in [0, 0.1) is 12.7 Å². The van der Waals surface area contributed by atoms with Gasteiger partial charge in [0.15, 0.2) is 0 Å². The molecule has 1 aromatic rings. The van der Waals surface area contributed by atoms with Gasteiger partial charge in [-0.25, -0.2) is 4.39 Å². The van der Waals surface area contributed by atoms with Gasteiger partial charge in [-0.2, -0.15) is 0 Å². The molecule has 1 unspecified atom stereocenters. The first-order chi connectivity index (χ1) is 11.4. The Morgan fingerprint density at radius 3 is 2.75 bits per heavy atom. The fraction of sp³-hybridized carbons (Fsp3) is 0.632. The van der Waals surface area contributed by atoms with Gasteiger partial charge < -0.3 is 4.90 Å². The molecule has 2 aliphatic rings. The Hall–Kier alpha value is -1.46. The maximum atomic E-state index is 13.6. The lowest BCUT2D eigenvalue weighted by molar-refractivity contribution is -0.129. The normalized spacial score (nSPS) is 26.8. The van der Waals surface area contributed by atoms with Crippen molar-refractivity contribution in [2.45, 2.75) is 38.3 Å². The van der Waals surface area contributed by atoms with Gasteiger partial charge in [-0.15, -0.1) is 0 Å². The zero-order valence-electron chi connectivity index (χ0n) is 15.0. The molecule has 0 aromatic heterocycles. The number of benzene rings is 1. The topological polar surface area (TPSA) is 26.8 Å². The number of carbonyl (C=O) groups is 1. The number of amides is 1. The Morgan fingerprint density at radius 1 is 1.17 bits per heavy atom. The third kappa shape index (κ3) is 3.47. The van der Waals surface area contributed by atoms with Crippen molar-refractivity contribution in [3.05, 3.63) is 35.1 Å². The van der Waals surface area contributed by atoms with Crippen LogP contribution in [0.15, 0.2) is 18.2 Å². The van der Waals surface area contributed by atoms with E-state index >= 15 is 0 Å². The van der Waals surface area contributed by atoms with E-state index in [1.807, 2.05) is 24.9 Å². The van der Waals surface area contributed by atoms with Crippen molar-refractivity contribution in [2.75, 3.05) is 40.3 Å². The van der Waals surface area contributed by atoms with Crippen LogP contribution >= 0.6 is 0 Å². The Kier molecular flexibility index (Phi) is 4.92. The van der Waals surface area contributed by atoms with Gasteiger partial charge in [0.25, 0.3) is 0 Å². The van der Waals surface area contributed by atoms with Crippen molar-refractivity contribution < 1.29 is 9.18 Å². The first-order valence-electron chi connectivity index (χ1n) is 8.82. The molecule has 2 saturated heterocycles. The van der Waals surface area contributed by atoms with E-state index in [1.54, 1.807) is 6.07 Å². The molecule has 2 fully saturated rings. The number of hydrogen-bond donors (Lipinski definition) is 0. The smallest absolute Gasteiger partial charge is 0.222 e. The average Bonchev–Trinajstić information content (AvgIpc) is 2.69. The van der Waals surface area contributed by atoms with Gasteiger partial charge in [0.2, 0.25) is 5.91 Å². The quantitative estimate of drug-likeness (QED) is 0.831. The second kappa shape index (κ2) is 6.81. The molecular weight excluding hydrogens is 305 g/mol. The van der Waals surface area contributed by atoms with E-state index in [9.17, 15) is 9.18 Å². The highest BCUT2D eigenvalue weighted by Crippen LogP contribution is 2.32. The maximum Gasteiger partial charge on any atom is 0.222 e. The van der Waals surface area contributed by atoms with Crippen LogP contribution in [0.1, 0.15) is 30.4 Å². The van der Waals surface area contributed by atoms with Crippen molar-refractivity contribution in [1.82, 2.24) is 14.7 Å². The molecule has 2 aliphatic heterocycles. The molecule has 4 nitrogen and oxygen atoms in total. The van der Waals surface area contributed by atoms with Gasteiger partial charge in [0.05, 0.1) is 0 Å². The second-order valence-electron chi connectivity index (χ2n) is 7.49. The van der Waals surface area contributed by atoms with Crippen LogP contribution < -0.4 is 0 Å². The molecule has 2 heterocycles. The van der Waals surface area contributed by atoms with E-state index in [0.29, 0.717) is 6.42 Å². The first kappa shape index (κ1) is 17.4. The van der Waals surface area contributed by atoms with Crippen LogP contribution in [-0.2, 0) is 11.3 Å². The molecule has 1 atom stereocenters. The Bertz CT molecular complexity index is 621. The summed E-state index contributed by atoms with van der Waals surface area (Å²) in [6.45, 7) is 6.56. The predicted molar refractivity (Wildman–Crippen MR) is 93.3 cm³/mol. The highest BCUT2D eigenvalue weighted by atomic mass is 19.1. The zero-order valence-corrected chi connectivity index (χ0v) is 15.0. The lowest BCUT2D eigenvalue weighted by atomic mass is 9.86. The molecule has 0 bridgehead atoms. The monoisotopic (exact) mass is 333 g/mol. The van der Waals surface area contributed by atoms with Crippen LogP contribution in [0.2, 0.25) is 0 Å². The number of likely N-dealkylation sites (tertiary alicyclic amines) is 1. The number of rotatable bonds is 2. The highest BCUT2D eigenvalue weighted by molar-refractivity contribution is 5.76. The Morgan fingerprint density at radius 2 is 1.96 bits per heavy atom. The molecule has 1 aromatic carbocycles. The fourth-order valence-electron chi connectivity index (χ4n) is 4.03. The van der Waals surface area contributed by atoms with Crippen molar-refractivity contribution in [3.63, 3.8) is 0 Å². The van der Waals surface area contributed by atoms with Crippen LogP contribution in [0.4, 0.5) is 4.39 Å². The minimum absolute atomic E-state index is 0.0555. The molecule has 3 rings (SSSR count). The van der Waals surface area contributed by atoms with E-state index in [1.165, 1.54) is 6.07 Å². The molecule has 0 radical (unpaired) electrons. The van der Waals surface area contributed by atoms with Gasteiger partial charge in [0.1, 0.15) is 5.82 Å². The molecule has 132 valence electrons. The summed E-state index contributed by atoms with van der Waals surface area (Å²) in [7, 11) is 4.08. The minimum atomic E-state index is -0.166. The molecule has 0 N–H and O–H groups in total. The van der Waals surface area contributed by atoms with Crippen molar-refractivity contribution in [2.24, 2.45) is 0 Å². The third-order valence-electron chi connectivity index (χ3n) is 5.93. The van der Waals surface area contributed by atoms with Gasteiger partial charge >= 0.3 is 0 Å². The van der Waals surface area contributed by atoms with Crippen LogP contribution in [0.5, 0.6) is 0 Å². The van der Waals surface area contributed by atoms with E-state index in [-0.39, 0.29) is 17.3 Å². The standard InChI is InChI=1S/C19H28FN3O/c1-15-4-5-17(20)12-16(15)13-23-11-10-22(3)19(14-23)7-6-18(24)21(2)9-8-19/h4-5,12H,6-11,13-14H2,1-3H3. The van der Waals surface area contributed by atoms with Gasteiger partial charge in [-0.05, 0) is 50.1 Å². The largest absolute Gasteiger partial charge is 0.346 e. The number of likely N-dealkylation sites (N-methyl/N-ethyl adjacent to an activating group) is 1. The number of nitrogens with zero attached hydrogens (tertiary/aromatic N) is 3. The number of carbonyl (C=O) groups excluding carboxylic acids is 1. The van der Waals surface area contributed by atoms with Crippen LogP contribution in [0.25, 0.3) is 0 Å². The molecule has 5 heteroatoms. The third-order valence-corrected chi connectivity index (χ3v) is 5.93. The number of hydrogen-bond acceptors (Lipinski definition) is 3. The summed E-state index contributed by atoms with van der Waals surface area (Å²) in [5.41, 5.74) is 2.26. The number of halogens is 1. The van der Waals surface area contributed by atoms with Crippen LogP contribution in [0.3, 0.4) is 0 Å². The zero-order chi connectivity index (χ0) is 17.3. The van der Waals surface area contributed by atoms with Gasteiger partial charge in [-0.3, -0.25) is 14.6 Å². The minimum Gasteiger partial charge on any atom is -0.346 e. The molecule has 0 saturated carbocycles. The Labute approximate surface area is 144 Å². The van der Waals surface area contributed by atoms with E-state index < -0.39 is 0 Å². The van der Waals surface area contributed by atoms with Crippen molar-refractivity contribution in [3.8, 4) is 0 Å². The van der Waals surface area contributed by atoms with Crippen molar-refractivity contribution >= 4 is 5.91 Å². The summed E-state index contributed by atoms with van der Waals surface area (Å²) in [5, 5.41) is 0. The average molecular weight is 333 g/mol. The maximum absolute atomic E-state index is 13.6. The predicted octanol–water partition coefficient (Wildman–Crippen LogP) is 2.26. The molecule has 1 spiro atoms. The first-order valence-corrected chi connectivity index (χ1v) is 8.82. The lowest BCUT2D eigenvalue weighted by Crippen LogP contribution is -2.60. The summed E-state index contributed by atoms with van der Waals surface area (Å²) in [6.07, 6.45) is 2.53. The summed E-state index contributed by atoms with van der Waals surface area (Å²) < 4.78 is 13.6. The van der Waals surface area contributed by atoms with E-state index in [0.717, 1.165) is 56.7 Å². The summed E-state index contributed by atoms with van der Waals surface area (Å²) >= 11 is 0. The van der Waals surface area contributed by atoms with Crippen LogP contribution in [-0.4, -0.2) is 66.4 Å². The summed E-state index contributed by atoms with van der Waals surface area (Å²) in [6, 6.07) is 5.04. The number of aryl methyl sites for hydroxylation is 1. The van der Waals surface area contributed by atoms with E-state index in [4.69, 9.17) is 0 Å². The lowest BCUT2D eigenvalue weighted by Gasteiger charge is -2.49. The molecular formula is C19H28FN3O. The molecule has 1 amide bonds. The highest BCUT2D eigenvalue weighted by Gasteiger charge is 2.41. The molecule has 24 heavy (non-hydrogen) atoms. The fourth-order valence-corrected chi connectivity index (χ4v) is 4.03. The summed E-state index contributed by atoms with van der Waals surface area (Å²) in [4.78, 5) is 18.8. The second-order valence-corrected chi connectivity index (χ2v) is 7.49. The van der Waals surface area contributed by atoms with Gasteiger partial charge in [-0.1, -0.05) is 6.07 Å². The van der Waals surface area contributed by atoms with Crippen molar-refractivity contribution in [1.29, 1.82) is 0 Å². The molecule has 0 aliphatic carbocycles. The van der Waals surface area contributed by atoms with Gasteiger partial charge in [0, 0.05) is 51.7 Å². The Balaban J connectivity index is 1.75. The number of piperazine rings is 1. The summed E-state index contributed by atoms with van der Waals surface area (Å²) in [5.74, 6) is 0.0829.